The van der Waals surface area contributed by atoms with Crippen LogP contribution in [0.3, 0.4) is 0 Å². The Morgan fingerprint density at radius 3 is 2.76 bits per heavy atom. The lowest BCUT2D eigenvalue weighted by atomic mass is 9.84. The van der Waals surface area contributed by atoms with Gasteiger partial charge < -0.3 is 14.5 Å². The molecule has 4 rings (SSSR count). The number of aromatic nitrogens is 2. The minimum absolute atomic E-state index is 0.0161. The first kappa shape index (κ1) is 20.5. The van der Waals surface area contributed by atoms with Crippen LogP contribution in [0.4, 0.5) is 0 Å². The molecule has 2 fully saturated rings. The van der Waals surface area contributed by atoms with E-state index in [1.807, 2.05) is 6.92 Å². The average Bonchev–Trinajstić information content (AvgIpc) is 3.44. The predicted octanol–water partition coefficient (Wildman–Crippen LogP) is 4.72. The number of ether oxygens (including phenoxy) is 1. The summed E-state index contributed by atoms with van der Waals surface area (Å²) in [5.74, 6) is 3.34. The second-order valence-corrected chi connectivity index (χ2v) is 9.83. The van der Waals surface area contributed by atoms with Gasteiger partial charge in [-0.05, 0) is 75.1 Å². The SMILES string of the molecule is CC(Sc1nnc(COc2ccc(Cl)cc2)o1)C(=O)NC(C)C1CC2CCC1C2. The van der Waals surface area contributed by atoms with Crippen LogP contribution in [0.15, 0.2) is 33.9 Å². The van der Waals surface area contributed by atoms with Gasteiger partial charge in [0.05, 0.1) is 5.25 Å². The van der Waals surface area contributed by atoms with Gasteiger partial charge in [0, 0.05) is 11.1 Å². The van der Waals surface area contributed by atoms with Gasteiger partial charge >= 0.3 is 0 Å². The molecule has 5 unspecified atom stereocenters. The lowest BCUT2D eigenvalue weighted by molar-refractivity contribution is -0.121. The number of carbonyl (C=O) groups is 1. The molecule has 2 aliphatic carbocycles. The van der Waals surface area contributed by atoms with E-state index >= 15 is 0 Å². The van der Waals surface area contributed by atoms with Gasteiger partial charge in [-0.25, -0.2) is 0 Å². The van der Waals surface area contributed by atoms with Crippen molar-refractivity contribution in [3.8, 4) is 5.75 Å². The van der Waals surface area contributed by atoms with Crippen LogP contribution in [-0.2, 0) is 11.4 Å². The summed E-state index contributed by atoms with van der Waals surface area (Å²) in [4.78, 5) is 12.6. The number of amides is 1. The van der Waals surface area contributed by atoms with Gasteiger partial charge in [-0.3, -0.25) is 4.79 Å². The molecule has 29 heavy (non-hydrogen) atoms. The van der Waals surface area contributed by atoms with Crippen molar-refractivity contribution in [2.45, 2.75) is 62.7 Å². The van der Waals surface area contributed by atoms with E-state index in [0.29, 0.717) is 27.8 Å². The van der Waals surface area contributed by atoms with Crippen LogP contribution in [-0.4, -0.2) is 27.4 Å². The maximum atomic E-state index is 12.6. The first-order chi connectivity index (χ1) is 14.0. The van der Waals surface area contributed by atoms with Crippen LogP contribution in [0.1, 0.15) is 45.4 Å². The van der Waals surface area contributed by atoms with Gasteiger partial charge in [-0.2, -0.15) is 0 Å². The molecule has 0 spiro atoms. The van der Waals surface area contributed by atoms with Gasteiger partial charge in [0.1, 0.15) is 5.75 Å². The number of hydrogen-bond acceptors (Lipinski definition) is 6. The van der Waals surface area contributed by atoms with Crippen molar-refractivity contribution >= 4 is 29.3 Å². The molecule has 1 amide bonds. The van der Waals surface area contributed by atoms with Gasteiger partial charge in [-0.1, -0.05) is 29.8 Å². The Morgan fingerprint density at radius 1 is 1.28 bits per heavy atom. The summed E-state index contributed by atoms with van der Waals surface area (Å²) in [7, 11) is 0. The number of thioether (sulfide) groups is 1. The standard InChI is InChI=1S/C21H26ClN3O3S/c1-12(18-10-14-3-4-15(18)9-14)23-20(26)13(2)29-21-25-24-19(28-21)11-27-17-7-5-16(22)6-8-17/h5-8,12-15,18H,3-4,9-11H2,1-2H3,(H,23,26). The Labute approximate surface area is 180 Å². The molecule has 2 aliphatic rings. The van der Waals surface area contributed by atoms with Crippen LogP contribution in [0, 0.1) is 17.8 Å². The Kier molecular flexibility index (Phi) is 6.35. The third-order valence-electron chi connectivity index (χ3n) is 6.08. The van der Waals surface area contributed by atoms with Crippen LogP contribution >= 0.6 is 23.4 Å². The number of hydrogen-bond donors (Lipinski definition) is 1. The van der Waals surface area contributed by atoms with Crippen LogP contribution in [0.25, 0.3) is 0 Å². The highest BCUT2D eigenvalue weighted by Crippen LogP contribution is 2.49. The molecule has 1 heterocycles. The second-order valence-electron chi connectivity index (χ2n) is 8.10. The van der Waals surface area contributed by atoms with E-state index in [1.165, 1.54) is 37.4 Å². The van der Waals surface area contributed by atoms with Crippen LogP contribution in [0.2, 0.25) is 5.02 Å². The predicted molar refractivity (Wildman–Crippen MR) is 112 cm³/mol. The van der Waals surface area contributed by atoms with Crippen molar-refractivity contribution in [3.05, 3.63) is 35.2 Å². The molecule has 0 aliphatic heterocycles. The Morgan fingerprint density at radius 2 is 2.07 bits per heavy atom. The Bertz CT molecular complexity index is 844. The zero-order chi connectivity index (χ0) is 20.4. The molecular weight excluding hydrogens is 410 g/mol. The first-order valence-corrected chi connectivity index (χ1v) is 11.4. The summed E-state index contributed by atoms with van der Waals surface area (Å²) in [6.07, 6.45) is 5.30. The van der Waals surface area contributed by atoms with E-state index in [0.717, 1.165) is 11.8 Å². The van der Waals surface area contributed by atoms with Gasteiger partial charge in [0.15, 0.2) is 6.61 Å². The molecule has 2 aromatic rings. The van der Waals surface area contributed by atoms with Crippen molar-refractivity contribution < 1.29 is 13.9 Å². The minimum atomic E-state index is -0.304. The van der Waals surface area contributed by atoms with E-state index in [2.05, 4.69) is 22.4 Å². The third kappa shape index (κ3) is 5.07. The molecule has 156 valence electrons. The highest BCUT2D eigenvalue weighted by Gasteiger charge is 2.42. The largest absolute Gasteiger partial charge is 0.484 e. The lowest BCUT2D eigenvalue weighted by Gasteiger charge is -2.29. The maximum absolute atomic E-state index is 12.6. The number of nitrogens with zero attached hydrogens (tertiary/aromatic N) is 2. The molecule has 2 saturated carbocycles. The van der Waals surface area contributed by atoms with E-state index in [1.54, 1.807) is 24.3 Å². The fraction of sp³-hybridized carbons (Fsp3) is 0.571. The molecule has 0 saturated heterocycles. The molecule has 8 heteroatoms. The topological polar surface area (TPSA) is 77.2 Å². The number of carbonyl (C=O) groups excluding carboxylic acids is 1. The molecule has 2 bridgehead atoms. The van der Waals surface area contributed by atoms with E-state index in [4.69, 9.17) is 20.8 Å². The number of halogens is 1. The summed E-state index contributed by atoms with van der Waals surface area (Å²) >= 11 is 7.13. The molecule has 1 N–H and O–H groups in total. The summed E-state index contributed by atoms with van der Waals surface area (Å²) in [6.45, 7) is 4.16. The molecule has 5 atom stereocenters. The van der Waals surface area contributed by atoms with Crippen molar-refractivity contribution in [2.75, 3.05) is 0 Å². The van der Waals surface area contributed by atoms with Gasteiger partial charge in [0.2, 0.25) is 5.91 Å². The molecule has 1 aromatic carbocycles. The maximum Gasteiger partial charge on any atom is 0.277 e. The lowest BCUT2D eigenvalue weighted by Crippen LogP contribution is -2.43. The number of benzene rings is 1. The van der Waals surface area contributed by atoms with Gasteiger partial charge in [0.25, 0.3) is 11.1 Å². The molecular formula is C21H26ClN3O3S. The molecule has 0 radical (unpaired) electrons. The molecule has 1 aromatic heterocycles. The summed E-state index contributed by atoms with van der Waals surface area (Å²) < 4.78 is 11.2. The zero-order valence-corrected chi connectivity index (χ0v) is 18.2. The van der Waals surface area contributed by atoms with E-state index < -0.39 is 0 Å². The number of rotatable bonds is 8. The quantitative estimate of drug-likeness (QED) is 0.604. The number of fused-ring (bicyclic) bond motifs is 2. The smallest absolute Gasteiger partial charge is 0.277 e. The third-order valence-corrected chi connectivity index (χ3v) is 7.26. The van der Waals surface area contributed by atoms with Crippen molar-refractivity contribution in [2.24, 2.45) is 17.8 Å². The van der Waals surface area contributed by atoms with E-state index in [9.17, 15) is 4.79 Å². The van der Waals surface area contributed by atoms with Crippen molar-refractivity contribution in [3.63, 3.8) is 0 Å². The Hall–Kier alpha value is -1.73. The minimum Gasteiger partial charge on any atom is -0.484 e. The highest BCUT2D eigenvalue weighted by atomic mass is 35.5. The zero-order valence-electron chi connectivity index (χ0n) is 16.6. The summed E-state index contributed by atoms with van der Waals surface area (Å²) in [5.41, 5.74) is 0. The fourth-order valence-electron chi connectivity index (χ4n) is 4.58. The monoisotopic (exact) mass is 435 g/mol. The average molecular weight is 436 g/mol. The fourth-order valence-corrected chi connectivity index (χ4v) is 5.42. The highest BCUT2D eigenvalue weighted by molar-refractivity contribution is 8.00. The summed E-state index contributed by atoms with van der Waals surface area (Å²) in [6, 6.07) is 7.27. The van der Waals surface area contributed by atoms with Crippen LogP contribution < -0.4 is 10.1 Å². The summed E-state index contributed by atoms with van der Waals surface area (Å²) in [5, 5.41) is 11.9. The van der Waals surface area contributed by atoms with Crippen LogP contribution in [0.5, 0.6) is 5.75 Å². The van der Waals surface area contributed by atoms with Crippen molar-refractivity contribution in [1.82, 2.24) is 15.5 Å². The number of nitrogens with one attached hydrogen (secondary N) is 1. The van der Waals surface area contributed by atoms with Crippen molar-refractivity contribution in [1.29, 1.82) is 0 Å². The molecule has 6 nitrogen and oxygen atoms in total. The normalized spacial score (nSPS) is 25.0. The first-order valence-electron chi connectivity index (χ1n) is 10.2. The second kappa shape index (κ2) is 8.96. The Balaban J connectivity index is 1.24. The van der Waals surface area contributed by atoms with E-state index in [-0.39, 0.29) is 23.8 Å². The van der Waals surface area contributed by atoms with Gasteiger partial charge in [-0.15, -0.1) is 10.2 Å².